The fraction of sp³-hybridized carbons (Fsp3) is 0.429. The zero-order chi connectivity index (χ0) is 22.6. The minimum atomic E-state index is -1.30. The third-order valence-electron chi connectivity index (χ3n) is 3.39. The Kier molecular flexibility index (Phi) is 11.0. The quantitative estimate of drug-likeness (QED) is 0.275. The molecule has 8 nitrogen and oxygen atoms in total. The van der Waals surface area contributed by atoms with Crippen molar-refractivity contribution < 1.29 is 38.1 Å². The van der Waals surface area contributed by atoms with Gasteiger partial charge in [-0.3, -0.25) is 0 Å². The molecule has 0 spiro atoms. The molecule has 0 radical (unpaired) electrons. The lowest BCUT2D eigenvalue weighted by atomic mass is 9.86. The van der Waals surface area contributed by atoms with E-state index in [0.29, 0.717) is 0 Å². The van der Waals surface area contributed by atoms with Gasteiger partial charge in [-0.1, -0.05) is 47.1 Å². The summed E-state index contributed by atoms with van der Waals surface area (Å²) in [7, 11) is 0. The van der Waals surface area contributed by atoms with E-state index in [0.717, 1.165) is 24.3 Å². The van der Waals surface area contributed by atoms with Gasteiger partial charge in [-0.05, 0) is 11.8 Å². The van der Waals surface area contributed by atoms with E-state index in [1.807, 2.05) is 20.8 Å². The molecule has 0 amide bonds. The molecule has 3 atom stereocenters. The molecule has 0 aliphatic rings. The second-order valence-corrected chi connectivity index (χ2v) is 7.06. The maximum Gasteiger partial charge on any atom is 0.330 e. The Labute approximate surface area is 170 Å². The molecule has 160 valence electrons. The average molecular weight is 408 g/mol. The molecule has 0 aliphatic carbocycles. The van der Waals surface area contributed by atoms with Crippen LogP contribution < -0.4 is 0 Å². The maximum atomic E-state index is 11.9. The molecule has 0 rings (SSSR count). The van der Waals surface area contributed by atoms with Gasteiger partial charge < -0.3 is 18.9 Å². The van der Waals surface area contributed by atoms with Gasteiger partial charge >= 0.3 is 23.9 Å². The fourth-order valence-electron chi connectivity index (χ4n) is 2.22. The molecule has 0 bridgehead atoms. The van der Waals surface area contributed by atoms with Gasteiger partial charge in [0, 0.05) is 24.3 Å². The van der Waals surface area contributed by atoms with E-state index < -0.39 is 48.8 Å². The van der Waals surface area contributed by atoms with Crippen molar-refractivity contribution in [2.45, 2.75) is 45.5 Å². The van der Waals surface area contributed by atoms with E-state index in [9.17, 15) is 19.2 Å². The van der Waals surface area contributed by atoms with Crippen LogP contribution in [0.15, 0.2) is 50.6 Å². The summed E-state index contributed by atoms with van der Waals surface area (Å²) >= 11 is 0. The van der Waals surface area contributed by atoms with Crippen LogP contribution in [0.4, 0.5) is 0 Å². The van der Waals surface area contributed by atoms with Crippen molar-refractivity contribution in [1.29, 1.82) is 0 Å². The highest BCUT2D eigenvalue weighted by Crippen LogP contribution is 2.28. The Balaban J connectivity index is 6.08. The molecule has 8 heteroatoms. The van der Waals surface area contributed by atoms with E-state index in [2.05, 4.69) is 26.3 Å². The van der Waals surface area contributed by atoms with E-state index >= 15 is 0 Å². The first-order valence-electron chi connectivity index (χ1n) is 8.75. The van der Waals surface area contributed by atoms with Crippen LogP contribution in [0, 0.1) is 5.41 Å². The van der Waals surface area contributed by atoms with Crippen LogP contribution >= 0.6 is 0 Å². The molecule has 0 N–H and O–H groups in total. The van der Waals surface area contributed by atoms with Crippen LogP contribution in [-0.2, 0) is 38.1 Å². The Morgan fingerprint density at radius 3 is 1.55 bits per heavy atom. The fourth-order valence-corrected chi connectivity index (χ4v) is 2.22. The molecule has 0 saturated carbocycles. The highest BCUT2D eigenvalue weighted by atomic mass is 16.6. The zero-order valence-electron chi connectivity index (χ0n) is 17.1. The topological polar surface area (TPSA) is 105 Å². The monoisotopic (exact) mass is 408 g/mol. The van der Waals surface area contributed by atoms with Gasteiger partial charge in [0.1, 0.15) is 12.7 Å². The highest BCUT2D eigenvalue weighted by Gasteiger charge is 2.40. The van der Waals surface area contributed by atoms with Crippen molar-refractivity contribution in [1.82, 2.24) is 0 Å². The first-order valence-corrected chi connectivity index (χ1v) is 8.75. The Bertz CT molecular complexity index is 656. The van der Waals surface area contributed by atoms with Crippen molar-refractivity contribution in [2.75, 3.05) is 6.61 Å². The maximum absolute atomic E-state index is 11.9. The van der Waals surface area contributed by atoms with Crippen molar-refractivity contribution in [3.05, 3.63) is 50.6 Å². The molecule has 0 heterocycles. The van der Waals surface area contributed by atoms with Crippen LogP contribution in [0.2, 0.25) is 0 Å². The van der Waals surface area contributed by atoms with Crippen molar-refractivity contribution in [3.63, 3.8) is 0 Å². The summed E-state index contributed by atoms with van der Waals surface area (Å²) in [4.78, 5) is 47.0. The Morgan fingerprint density at radius 1 is 0.724 bits per heavy atom. The van der Waals surface area contributed by atoms with Crippen molar-refractivity contribution >= 4 is 23.9 Å². The van der Waals surface area contributed by atoms with E-state index in [1.54, 1.807) is 0 Å². The minimum absolute atomic E-state index is 0.221. The number of esters is 4. The van der Waals surface area contributed by atoms with Crippen molar-refractivity contribution in [3.8, 4) is 0 Å². The van der Waals surface area contributed by atoms with Crippen LogP contribution in [-0.4, -0.2) is 48.8 Å². The number of rotatable bonds is 12. The second kappa shape index (κ2) is 12.3. The summed E-state index contributed by atoms with van der Waals surface area (Å²) in [6, 6.07) is 0. The number of hydrogen-bond acceptors (Lipinski definition) is 8. The molecule has 0 aromatic rings. The van der Waals surface area contributed by atoms with Gasteiger partial charge in [-0.15, -0.1) is 0 Å². The number of carbonyl (C=O) groups excluding carboxylic acids is 4. The summed E-state index contributed by atoms with van der Waals surface area (Å²) < 4.78 is 20.9. The normalized spacial score (nSPS) is 13.6. The summed E-state index contributed by atoms with van der Waals surface area (Å²) in [5.74, 6) is -3.25. The lowest BCUT2D eigenvalue weighted by molar-refractivity contribution is -0.187. The van der Waals surface area contributed by atoms with Crippen LogP contribution in [0.1, 0.15) is 27.2 Å². The van der Waals surface area contributed by atoms with Gasteiger partial charge in [0.15, 0.2) is 12.2 Å². The van der Waals surface area contributed by atoms with Crippen LogP contribution in [0.25, 0.3) is 0 Å². The van der Waals surface area contributed by atoms with E-state index in [-0.39, 0.29) is 11.8 Å². The molecule has 0 aliphatic heterocycles. The SMILES string of the molecule is C=CC(=O)OC[C@@H](OC(=O)C=C)[C@@H](OC(=O)C=C)C(CC(C)(C)C)OC(=O)C=C. The molecule has 0 aromatic carbocycles. The van der Waals surface area contributed by atoms with Gasteiger partial charge in [0.25, 0.3) is 0 Å². The molecule has 0 saturated heterocycles. The summed E-state index contributed by atoms with van der Waals surface area (Å²) in [5, 5.41) is 0. The molecule has 1 unspecified atom stereocenters. The van der Waals surface area contributed by atoms with Gasteiger partial charge in [-0.2, -0.15) is 0 Å². The first-order chi connectivity index (χ1) is 13.5. The summed E-state index contributed by atoms with van der Waals surface area (Å²) in [6.07, 6.45) is 0.241. The number of carbonyl (C=O) groups is 4. The van der Waals surface area contributed by atoms with E-state index in [4.69, 9.17) is 18.9 Å². The zero-order valence-corrected chi connectivity index (χ0v) is 17.1. The smallest absolute Gasteiger partial charge is 0.330 e. The molecule has 29 heavy (non-hydrogen) atoms. The molecular weight excluding hydrogens is 380 g/mol. The lowest BCUT2D eigenvalue weighted by Crippen LogP contribution is -2.48. The molecular formula is C21H28O8. The predicted molar refractivity (Wildman–Crippen MR) is 105 cm³/mol. The van der Waals surface area contributed by atoms with E-state index in [1.165, 1.54) is 0 Å². The lowest BCUT2D eigenvalue weighted by Gasteiger charge is -2.34. The van der Waals surface area contributed by atoms with Gasteiger partial charge in [0.05, 0.1) is 0 Å². The number of hydrogen-bond donors (Lipinski definition) is 0. The second-order valence-electron chi connectivity index (χ2n) is 7.06. The minimum Gasteiger partial charge on any atom is -0.458 e. The molecule has 0 fully saturated rings. The average Bonchev–Trinajstić information content (AvgIpc) is 2.66. The van der Waals surface area contributed by atoms with Crippen molar-refractivity contribution in [2.24, 2.45) is 5.41 Å². The highest BCUT2D eigenvalue weighted by molar-refractivity contribution is 5.83. The Hall–Kier alpha value is -3.16. The van der Waals surface area contributed by atoms with Crippen LogP contribution in [0.5, 0.6) is 0 Å². The largest absolute Gasteiger partial charge is 0.458 e. The molecule has 0 aromatic heterocycles. The summed E-state index contributed by atoms with van der Waals surface area (Å²) in [6.45, 7) is 18.4. The first kappa shape index (κ1) is 25.8. The third-order valence-corrected chi connectivity index (χ3v) is 3.39. The predicted octanol–water partition coefficient (Wildman–Crippen LogP) is 2.45. The Morgan fingerprint density at radius 2 is 1.14 bits per heavy atom. The van der Waals surface area contributed by atoms with Gasteiger partial charge in [0.2, 0.25) is 0 Å². The van der Waals surface area contributed by atoms with Gasteiger partial charge in [-0.25, -0.2) is 19.2 Å². The van der Waals surface area contributed by atoms with Crippen LogP contribution in [0.3, 0.4) is 0 Å². The summed E-state index contributed by atoms with van der Waals surface area (Å²) in [5.41, 5.74) is -0.379. The standard InChI is InChI=1S/C21H28O8/c1-8-16(22)26-13-15(28-18(24)10-3)20(29-19(25)11-4)14(12-21(5,6)7)27-17(23)9-2/h8-11,14-15,20H,1-4,12-13H2,5-7H3/t14?,15-,20+/m1/s1. The number of ether oxygens (including phenoxy) is 4. The third kappa shape index (κ3) is 10.7.